The van der Waals surface area contributed by atoms with Gasteiger partial charge in [-0.1, -0.05) is 31.5 Å². The summed E-state index contributed by atoms with van der Waals surface area (Å²) in [5.74, 6) is 1.41. The maximum atomic E-state index is 13.7. The minimum absolute atomic E-state index is 0. The van der Waals surface area contributed by atoms with E-state index in [1.54, 1.807) is 18.4 Å². The average Bonchev–Trinajstić information content (AvgIpc) is 3.07. The fourth-order valence-corrected chi connectivity index (χ4v) is 2.11. The fraction of sp³-hybridized carbons (Fsp3) is 0.389. The summed E-state index contributed by atoms with van der Waals surface area (Å²) < 4.78 is 19.0. The molecule has 4 nitrogen and oxygen atoms in total. The first-order valence-electron chi connectivity index (χ1n) is 8.07. The molecule has 1 aromatic carbocycles. The third-order valence-electron chi connectivity index (χ3n) is 3.43. The number of hydrogen-bond donors (Lipinski definition) is 2. The highest BCUT2D eigenvalue weighted by Crippen LogP contribution is 2.07. The summed E-state index contributed by atoms with van der Waals surface area (Å²) in [6.07, 6.45) is 4.63. The van der Waals surface area contributed by atoms with Crippen LogP contribution in [-0.2, 0) is 13.0 Å². The summed E-state index contributed by atoms with van der Waals surface area (Å²) in [5.41, 5.74) is 0.593. The Labute approximate surface area is 160 Å². The molecular formula is C18H25FIN3O. The summed E-state index contributed by atoms with van der Waals surface area (Å²) in [5, 5.41) is 6.54. The van der Waals surface area contributed by atoms with Crippen LogP contribution in [0, 0.1) is 5.82 Å². The SMILES string of the molecule is CCCCNC(=NCc1ccccc1F)NCCc1ccco1.I. The Hall–Kier alpha value is -1.57. The third kappa shape index (κ3) is 7.33. The lowest BCUT2D eigenvalue weighted by Gasteiger charge is -2.12. The number of furan rings is 1. The van der Waals surface area contributed by atoms with Crippen molar-refractivity contribution in [2.45, 2.75) is 32.7 Å². The summed E-state index contributed by atoms with van der Waals surface area (Å²) in [6, 6.07) is 10.5. The Kier molecular flexibility index (Phi) is 10.1. The molecule has 132 valence electrons. The van der Waals surface area contributed by atoms with Gasteiger partial charge in [0.1, 0.15) is 11.6 Å². The average molecular weight is 445 g/mol. The molecule has 0 aliphatic heterocycles. The Morgan fingerprint density at radius 3 is 2.62 bits per heavy atom. The van der Waals surface area contributed by atoms with Crippen LogP contribution in [0.4, 0.5) is 4.39 Å². The van der Waals surface area contributed by atoms with Crippen molar-refractivity contribution in [1.29, 1.82) is 0 Å². The molecule has 0 radical (unpaired) electrons. The quantitative estimate of drug-likeness (QED) is 0.278. The van der Waals surface area contributed by atoms with E-state index >= 15 is 0 Å². The first-order valence-corrected chi connectivity index (χ1v) is 8.07. The van der Waals surface area contributed by atoms with E-state index in [1.165, 1.54) is 6.07 Å². The second-order valence-corrected chi connectivity index (χ2v) is 5.29. The number of rotatable bonds is 8. The number of nitrogens with zero attached hydrogens (tertiary/aromatic N) is 1. The molecule has 0 fully saturated rings. The van der Waals surface area contributed by atoms with Crippen LogP contribution in [0.15, 0.2) is 52.1 Å². The molecule has 0 spiro atoms. The second kappa shape index (κ2) is 11.9. The van der Waals surface area contributed by atoms with Gasteiger partial charge in [0.15, 0.2) is 5.96 Å². The summed E-state index contributed by atoms with van der Waals surface area (Å²) in [7, 11) is 0. The number of benzene rings is 1. The fourth-order valence-electron chi connectivity index (χ4n) is 2.11. The number of unbranched alkanes of at least 4 members (excludes halogenated alkanes) is 1. The van der Waals surface area contributed by atoms with Crippen LogP contribution in [0.5, 0.6) is 0 Å². The Morgan fingerprint density at radius 1 is 1.12 bits per heavy atom. The molecule has 24 heavy (non-hydrogen) atoms. The van der Waals surface area contributed by atoms with Crippen molar-refractivity contribution >= 4 is 29.9 Å². The van der Waals surface area contributed by atoms with E-state index in [4.69, 9.17) is 4.42 Å². The molecule has 0 aliphatic rings. The van der Waals surface area contributed by atoms with Gasteiger partial charge in [0.2, 0.25) is 0 Å². The number of nitrogens with one attached hydrogen (secondary N) is 2. The van der Waals surface area contributed by atoms with Crippen LogP contribution in [0.25, 0.3) is 0 Å². The minimum atomic E-state index is -0.222. The standard InChI is InChI=1S/C18H24FN3O.HI/c1-2-3-11-20-18(21-12-10-16-8-6-13-23-16)22-14-15-7-4-5-9-17(15)19;/h4-9,13H,2-3,10-12,14H2,1H3,(H2,20,21,22);1H. The van der Waals surface area contributed by atoms with Crippen LogP contribution in [-0.4, -0.2) is 19.0 Å². The monoisotopic (exact) mass is 445 g/mol. The molecule has 2 rings (SSSR count). The predicted molar refractivity (Wildman–Crippen MR) is 106 cm³/mol. The van der Waals surface area contributed by atoms with Gasteiger partial charge in [-0.2, -0.15) is 0 Å². The lowest BCUT2D eigenvalue weighted by molar-refractivity contribution is 0.506. The lowest BCUT2D eigenvalue weighted by atomic mass is 10.2. The van der Waals surface area contributed by atoms with Crippen molar-refractivity contribution in [3.05, 3.63) is 59.8 Å². The molecule has 1 aromatic heterocycles. The van der Waals surface area contributed by atoms with E-state index in [1.807, 2.05) is 18.2 Å². The molecular weight excluding hydrogens is 420 g/mol. The van der Waals surface area contributed by atoms with Gasteiger partial charge in [0.25, 0.3) is 0 Å². The van der Waals surface area contributed by atoms with Crippen molar-refractivity contribution in [1.82, 2.24) is 10.6 Å². The molecule has 0 saturated heterocycles. The number of halogens is 2. The smallest absolute Gasteiger partial charge is 0.191 e. The molecule has 0 amide bonds. The first kappa shape index (κ1) is 20.5. The molecule has 0 bridgehead atoms. The van der Waals surface area contributed by atoms with E-state index in [0.29, 0.717) is 24.6 Å². The van der Waals surface area contributed by atoms with Gasteiger partial charge < -0.3 is 15.1 Å². The summed E-state index contributed by atoms with van der Waals surface area (Å²) >= 11 is 0. The first-order chi connectivity index (χ1) is 11.3. The van der Waals surface area contributed by atoms with Crippen molar-refractivity contribution in [3.8, 4) is 0 Å². The molecule has 2 aromatic rings. The van der Waals surface area contributed by atoms with Crippen molar-refractivity contribution in [2.75, 3.05) is 13.1 Å². The molecule has 0 atom stereocenters. The maximum Gasteiger partial charge on any atom is 0.191 e. The zero-order valence-electron chi connectivity index (χ0n) is 13.9. The normalized spacial score (nSPS) is 11.0. The largest absolute Gasteiger partial charge is 0.469 e. The molecule has 0 unspecified atom stereocenters. The Morgan fingerprint density at radius 2 is 1.92 bits per heavy atom. The number of hydrogen-bond acceptors (Lipinski definition) is 2. The van der Waals surface area contributed by atoms with Crippen LogP contribution in [0.3, 0.4) is 0 Å². The highest BCUT2D eigenvalue weighted by molar-refractivity contribution is 14.0. The predicted octanol–water partition coefficient (Wildman–Crippen LogP) is 4.11. The molecule has 0 saturated carbocycles. The highest BCUT2D eigenvalue weighted by Gasteiger charge is 2.02. The summed E-state index contributed by atoms with van der Waals surface area (Å²) in [6.45, 7) is 4.01. The van der Waals surface area contributed by atoms with Gasteiger partial charge in [0, 0.05) is 25.1 Å². The highest BCUT2D eigenvalue weighted by atomic mass is 127. The van der Waals surface area contributed by atoms with Crippen molar-refractivity contribution in [3.63, 3.8) is 0 Å². The lowest BCUT2D eigenvalue weighted by Crippen LogP contribution is -2.39. The van der Waals surface area contributed by atoms with Crippen molar-refractivity contribution < 1.29 is 8.81 Å². The van der Waals surface area contributed by atoms with Crippen LogP contribution < -0.4 is 10.6 Å². The third-order valence-corrected chi connectivity index (χ3v) is 3.43. The minimum Gasteiger partial charge on any atom is -0.469 e. The molecule has 6 heteroatoms. The van der Waals surface area contributed by atoms with Gasteiger partial charge in [-0.15, -0.1) is 24.0 Å². The van der Waals surface area contributed by atoms with E-state index in [0.717, 1.165) is 31.6 Å². The van der Waals surface area contributed by atoms with Gasteiger partial charge in [-0.05, 0) is 24.6 Å². The zero-order valence-corrected chi connectivity index (χ0v) is 16.3. The molecule has 0 aliphatic carbocycles. The number of guanidine groups is 1. The Balaban J connectivity index is 0.00000288. The number of aliphatic imine (C=N–C) groups is 1. The maximum absolute atomic E-state index is 13.7. The zero-order chi connectivity index (χ0) is 16.3. The van der Waals surface area contributed by atoms with Gasteiger partial charge in [-0.3, -0.25) is 0 Å². The van der Waals surface area contributed by atoms with E-state index < -0.39 is 0 Å². The molecule has 1 heterocycles. The van der Waals surface area contributed by atoms with Gasteiger partial charge in [-0.25, -0.2) is 9.38 Å². The van der Waals surface area contributed by atoms with E-state index in [9.17, 15) is 4.39 Å². The topological polar surface area (TPSA) is 49.6 Å². The van der Waals surface area contributed by atoms with E-state index in [2.05, 4.69) is 22.5 Å². The van der Waals surface area contributed by atoms with E-state index in [-0.39, 0.29) is 29.8 Å². The second-order valence-electron chi connectivity index (χ2n) is 5.29. The Bertz CT molecular complexity index is 602. The van der Waals surface area contributed by atoms with Crippen LogP contribution in [0.2, 0.25) is 0 Å². The van der Waals surface area contributed by atoms with Crippen molar-refractivity contribution in [2.24, 2.45) is 4.99 Å². The van der Waals surface area contributed by atoms with Gasteiger partial charge >= 0.3 is 0 Å². The van der Waals surface area contributed by atoms with Gasteiger partial charge in [0.05, 0.1) is 12.8 Å². The van der Waals surface area contributed by atoms with Crippen LogP contribution in [0.1, 0.15) is 31.1 Å². The summed E-state index contributed by atoms with van der Waals surface area (Å²) in [4.78, 5) is 4.47. The van der Waals surface area contributed by atoms with Crippen LogP contribution >= 0.6 is 24.0 Å². The molecule has 2 N–H and O–H groups in total.